The molecule has 0 aliphatic carbocycles. The fraction of sp³-hybridized carbons (Fsp3) is 0.250. The predicted octanol–water partition coefficient (Wildman–Crippen LogP) is 4.46. The second-order valence-electron chi connectivity index (χ2n) is 4.72. The summed E-state index contributed by atoms with van der Waals surface area (Å²) >= 11 is 6.20. The zero-order valence-corrected chi connectivity index (χ0v) is 11.9. The van der Waals surface area contributed by atoms with Crippen LogP contribution in [0.15, 0.2) is 48.5 Å². The van der Waals surface area contributed by atoms with E-state index in [9.17, 15) is 5.11 Å². The summed E-state index contributed by atoms with van der Waals surface area (Å²) in [5, 5.41) is 13.6. The first-order chi connectivity index (χ1) is 9.08. The highest BCUT2D eigenvalue weighted by Gasteiger charge is 2.13. The van der Waals surface area contributed by atoms with E-state index in [-0.39, 0.29) is 17.8 Å². The van der Waals surface area contributed by atoms with E-state index in [4.69, 9.17) is 11.6 Å². The largest absolute Gasteiger partial charge is 0.508 e. The Kier molecular flexibility index (Phi) is 4.46. The van der Waals surface area contributed by atoms with Crippen molar-refractivity contribution in [3.05, 3.63) is 64.7 Å². The number of nitrogens with one attached hydrogen (secondary N) is 1. The van der Waals surface area contributed by atoms with Gasteiger partial charge in [0.2, 0.25) is 0 Å². The molecule has 2 atom stereocenters. The van der Waals surface area contributed by atoms with Gasteiger partial charge < -0.3 is 10.4 Å². The molecule has 2 nitrogen and oxygen atoms in total. The van der Waals surface area contributed by atoms with Crippen LogP contribution in [-0.2, 0) is 0 Å². The monoisotopic (exact) mass is 275 g/mol. The molecular formula is C16H18ClNO. The molecule has 0 saturated carbocycles. The second-order valence-corrected chi connectivity index (χ2v) is 5.13. The molecule has 0 aliphatic heterocycles. The summed E-state index contributed by atoms with van der Waals surface area (Å²) in [6.45, 7) is 4.19. The Labute approximate surface area is 119 Å². The SMILES string of the molecule is CC(N[C@H](C)c1ccccc1Cl)c1ccc(O)cc1. The number of rotatable bonds is 4. The normalized spacial score (nSPS) is 14.1. The van der Waals surface area contributed by atoms with E-state index in [0.29, 0.717) is 0 Å². The van der Waals surface area contributed by atoms with Crippen molar-refractivity contribution in [1.29, 1.82) is 0 Å². The van der Waals surface area contributed by atoms with Gasteiger partial charge in [-0.25, -0.2) is 0 Å². The smallest absolute Gasteiger partial charge is 0.115 e. The quantitative estimate of drug-likeness (QED) is 0.864. The summed E-state index contributed by atoms with van der Waals surface area (Å²) in [4.78, 5) is 0. The van der Waals surface area contributed by atoms with Gasteiger partial charge in [0.05, 0.1) is 0 Å². The Morgan fingerprint density at radius 3 is 2.21 bits per heavy atom. The number of benzene rings is 2. The van der Waals surface area contributed by atoms with Gasteiger partial charge in [-0.3, -0.25) is 0 Å². The van der Waals surface area contributed by atoms with Crippen LogP contribution in [0, 0.1) is 0 Å². The maximum atomic E-state index is 9.30. The molecule has 100 valence electrons. The number of phenols is 1. The van der Waals surface area contributed by atoms with Crippen molar-refractivity contribution in [2.24, 2.45) is 0 Å². The van der Waals surface area contributed by atoms with Crippen LogP contribution in [0.5, 0.6) is 5.75 Å². The number of hydrogen-bond acceptors (Lipinski definition) is 2. The van der Waals surface area contributed by atoms with Crippen LogP contribution < -0.4 is 5.32 Å². The third-order valence-corrected chi connectivity index (χ3v) is 3.61. The Hall–Kier alpha value is -1.51. The molecule has 0 aliphatic rings. The molecule has 0 heterocycles. The molecule has 2 rings (SSSR count). The van der Waals surface area contributed by atoms with Crippen molar-refractivity contribution in [2.75, 3.05) is 0 Å². The number of phenolic OH excluding ortho intramolecular Hbond substituents is 1. The lowest BCUT2D eigenvalue weighted by molar-refractivity contribution is 0.472. The van der Waals surface area contributed by atoms with E-state index in [1.165, 1.54) is 0 Å². The first-order valence-corrected chi connectivity index (χ1v) is 6.75. The molecule has 3 heteroatoms. The minimum absolute atomic E-state index is 0.164. The van der Waals surface area contributed by atoms with E-state index in [0.717, 1.165) is 16.1 Å². The van der Waals surface area contributed by atoms with Gasteiger partial charge in [-0.05, 0) is 43.2 Å². The predicted molar refractivity (Wildman–Crippen MR) is 79.5 cm³/mol. The highest BCUT2D eigenvalue weighted by molar-refractivity contribution is 6.31. The summed E-state index contributed by atoms with van der Waals surface area (Å²) in [5.41, 5.74) is 2.23. The molecule has 0 spiro atoms. The van der Waals surface area contributed by atoms with E-state index < -0.39 is 0 Å². The van der Waals surface area contributed by atoms with Crippen LogP contribution in [-0.4, -0.2) is 5.11 Å². The van der Waals surface area contributed by atoms with E-state index in [2.05, 4.69) is 19.2 Å². The van der Waals surface area contributed by atoms with Crippen molar-refractivity contribution in [3.63, 3.8) is 0 Å². The van der Waals surface area contributed by atoms with Gasteiger partial charge in [-0.15, -0.1) is 0 Å². The van der Waals surface area contributed by atoms with Crippen LogP contribution in [0.25, 0.3) is 0 Å². The molecule has 19 heavy (non-hydrogen) atoms. The first kappa shape index (κ1) is 13.9. The van der Waals surface area contributed by atoms with Crippen molar-refractivity contribution >= 4 is 11.6 Å². The lowest BCUT2D eigenvalue weighted by atomic mass is 10.0. The fourth-order valence-electron chi connectivity index (χ4n) is 2.15. The third kappa shape index (κ3) is 3.49. The van der Waals surface area contributed by atoms with Crippen LogP contribution in [0.4, 0.5) is 0 Å². The van der Waals surface area contributed by atoms with Crippen LogP contribution in [0.2, 0.25) is 5.02 Å². The Balaban J connectivity index is 2.08. The molecule has 2 aromatic rings. The standard InChI is InChI=1S/C16H18ClNO/c1-11(13-7-9-14(19)10-8-13)18-12(2)15-5-3-4-6-16(15)17/h3-12,18-19H,1-2H3/t11?,12-/m1/s1. The molecular weight excluding hydrogens is 258 g/mol. The fourth-order valence-corrected chi connectivity index (χ4v) is 2.45. The lowest BCUT2D eigenvalue weighted by Crippen LogP contribution is -2.22. The lowest BCUT2D eigenvalue weighted by Gasteiger charge is -2.21. The maximum absolute atomic E-state index is 9.30. The van der Waals surface area contributed by atoms with Gasteiger partial charge >= 0.3 is 0 Å². The average molecular weight is 276 g/mol. The molecule has 1 unspecified atom stereocenters. The molecule has 2 N–H and O–H groups in total. The average Bonchev–Trinajstić information content (AvgIpc) is 2.39. The zero-order chi connectivity index (χ0) is 13.8. The van der Waals surface area contributed by atoms with Crippen LogP contribution in [0.1, 0.15) is 37.1 Å². The summed E-state index contributed by atoms with van der Waals surface area (Å²) in [6, 6.07) is 15.5. The van der Waals surface area contributed by atoms with Gasteiger partial charge in [-0.1, -0.05) is 41.9 Å². The minimum atomic E-state index is 0.164. The molecule has 2 aromatic carbocycles. The Morgan fingerprint density at radius 2 is 1.58 bits per heavy atom. The second kappa shape index (κ2) is 6.09. The molecule has 0 saturated heterocycles. The topological polar surface area (TPSA) is 32.3 Å². The Bertz CT molecular complexity index is 539. The summed E-state index contributed by atoms with van der Waals surface area (Å²) in [6.07, 6.45) is 0. The van der Waals surface area contributed by atoms with Gasteiger partial charge in [0, 0.05) is 17.1 Å². The maximum Gasteiger partial charge on any atom is 0.115 e. The molecule has 0 radical (unpaired) electrons. The molecule has 0 fully saturated rings. The van der Waals surface area contributed by atoms with E-state index in [1.54, 1.807) is 12.1 Å². The number of aromatic hydroxyl groups is 1. The molecule has 0 amide bonds. The highest BCUT2D eigenvalue weighted by Crippen LogP contribution is 2.25. The van der Waals surface area contributed by atoms with Gasteiger partial charge in [0.15, 0.2) is 0 Å². The highest BCUT2D eigenvalue weighted by atomic mass is 35.5. The van der Waals surface area contributed by atoms with Crippen molar-refractivity contribution in [2.45, 2.75) is 25.9 Å². The van der Waals surface area contributed by atoms with Gasteiger partial charge in [-0.2, -0.15) is 0 Å². The van der Waals surface area contributed by atoms with Crippen LogP contribution in [0.3, 0.4) is 0 Å². The summed E-state index contributed by atoms with van der Waals surface area (Å²) < 4.78 is 0. The van der Waals surface area contributed by atoms with E-state index >= 15 is 0 Å². The summed E-state index contributed by atoms with van der Waals surface area (Å²) in [7, 11) is 0. The van der Waals surface area contributed by atoms with Gasteiger partial charge in [0.1, 0.15) is 5.75 Å². The summed E-state index contributed by atoms with van der Waals surface area (Å²) in [5.74, 6) is 0.287. The number of hydrogen-bond donors (Lipinski definition) is 2. The third-order valence-electron chi connectivity index (χ3n) is 3.26. The van der Waals surface area contributed by atoms with Crippen molar-refractivity contribution < 1.29 is 5.11 Å². The molecule has 0 aromatic heterocycles. The van der Waals surface area contributed by atoms with Crippen LogP contribution >= 0.6 is 11.6 Å². The minimum Gasteiger partial charge on any atom is -0.508 e. The van der Waals surface area contributed by atoms with Gasteiger partial charge in [0.25, 0.3) is 0 Å². The molecule has 0 bridgehead atoms. The van der Waals surface area contributed by atoms with E-state index in [1.807, 2.05) is 36.4 Å². The van der Waals surface area contributed by atoms with Crippen molar-refractivity contribution in [3.8, 4) is 5.75 Å². The zero-order valence-electron chi connectivity index (χ0n) is 11.1. The number of halogens is 1. The first-order valence-electron chi connectivity index (χ1n) is 6.37. The van der Waals surface area contributed by atoms with Crippen molar-refractivity contribution in [1.82, 2.24) is 5.32 Å². The Morgan fingerprint density at radius 1 is 0.947 bits per heavy atom.